The lowest BCUT2D eigenvalue weighted by molar-refractivity contribution is -0.137. The van der Waals surface area contributed by atoms with Crippen molar-refractivity contribution in [2.45, 2.75) is 25.7 Å². The van der Waals surface area contributed by atoms with Gasteiger partial charge in [-0.05, 0) is 12.8 Å². The van der Waals surface area contributed by atoms with Crippen molar-refractivity contribution in [3.8, 4) is 0 Å². The molecule has 0 spiro atoms. The molecule has 0 fully saturated rings. The van der Waals surface area contributed by atoms with Crippen molar-refractivity contribution in [2.75, 3.05) is 13.7 Å². The average Bonchev–Trinajstić information content (AvgIpc) is 2.02. The van der Waals surface area contributed by atoms with Crippen LogP contribution < -0.4 is 11.0 Å². The molecule has 0 saturated heterocycles. The molecule has 0 bridgehead atoms. The maximum Gasteiger partial charge on any atom is 0.303 e. The molecule has 0 aromatic heterocycles. The van der Waals surface area contributed by atoms with Crippen molar-refractivity contribution in [1.82, 2.24) is 11.0 Å². The van der Waals surface area contributed by atoms with Gasteiger partial charge >= 0.3 is 5.97 Å². The van der Waals surface area contributed by atoms with Crippen LogP contribution in [0.5, 0.6) is 0 Å². The second kappa shape index (κ2) is 8.45. The van der Waals surface area contributed by atoms with E-state index in [0.29, 0.717) is 0 Å². The molecular formula is C7H16N2O3. The van der Waals surface area contributed by atoms with Crippen LogP contribution in [0.25, 0.3) is 0 Å². The van der Waals surface area contributed by atoms with E-state index in [-0.39, 0.29) is 6.42 Å². The Morgan fingerprint density at radius 2 is 2.17 bits per heavy atom. The second-order valence-corrected chi connectivity index (χ2v) is 2.44. The van der Waals surface area contributed by atoms with Gasteiger partial charge in [0.2, 0.25) is 0 Å². The first-order valence-corrected chi connectivity index (χ1v) is 4.00. The number of hydrazine groups is 1. The SMILES string of the molecule is CONNCCCCCC(=O)O. The number of hydrogen-bond acceptors (Lipinski definition) is 4. The highest BCUT2D eigenvalue weighted by Crippen LogP contribution is 1.97. The Morgan fingerprint density at radius 1 is 1.42 bits per heavy atom. The molecule has 5 nitrogen and oxygen atoms in total. The fourth-order valence-corrected chi connectivity index (χ4v) is 0.790. The lowest BCUT2D eigenvalue weighted by atomic mass is 10.2. The monoisotopic (exact) mass is 176 g/mol. The summed E-state index contributed by atoms with van der Waals surface area (Å²) in [5.41, 5.74) is 5.29. The molecular weight excluding hydrogens is 160 g/mol. The molecule has 72 valence electrons. The van der Waals surface area contributed by atoms with Crippen LogP contribution in [0.15, 0.2) is 0 Å². The van der Waals surface area contributed by atoms with E-state index in [2.05, 4.69) is 15.9 Å². The first kappa shape index (κ1) is 11.4. The molecule has 0 aromatic carbocycles. The Hall–Kier alpha value is -0.650. The summed E-state index contributed by atoms with van der Waals surface area (Å²) in [4.78, 5) is 14.6. The van der Waals surface area contributed by atoms with E-state index in [4.69, 9.17) is 5.11 Å². The summed E-state index contributed by atoms with van der Waals surface area (Å²) >= 11 is 0. The summed E-state index contributed by atoms with van der Waals surface area (Å²) in [6, 6.07) is 0. The van der Waals surface area contributed by atoms with Crippen LogP contribution >= 0.6 is 0 Å². The normalized spacial score (nSPS) is 10.1. The zero-order valence-corrected chi connectivity index (χ0v) is 7.30. The van der Waals surface area contributed by atoms with E-state index in [9.17, 15) is 4.79 Å². The summed E-state index contributed by atoms with van der Waals surface area (Å²) in [5, 5.41) is 8.31. The molecule has 3 N–H and O–H groups in total. The molecule has 0 aromatic rings. The zero-order valence-electron chi connectivity index (χ0n) is 7.30. The summed E-state index contributed by atoms with van der Waals surface area (Å²) in [6.07, 6.45) is 2.87. The summed E-state index contributed by atoms with van der Waals surface area (Å²) in [7, 11) is 1.53. The van der Waals surface area contributed by atoms with E-state index in [1.807, 2.05) is 0 Å². The fourth-order valence-electron chi connectivity index (χ4n) is 0.790. The van der Waals surface area contributed by atoms with Crippen molar-refractivity contribution in [3.63, 3.8) is 0 Å². The number of rotatable bonds is 8. The van der Waals surface area contributed by atoms with Crippen LogP contribution in [0.1, 0.15) is 25.7 Å². The van der Waals surface area contributed by atoms with Crippen LogP contribution in [0.3, 0.4) is 0 Å². The maximum atomic E-state index is 10.1. The van der Waals surface area contributed by atoms with Gasteiger partial charge in [-0.15, -0.1) is 5.59 Å². The molecule has 0 atom stereocenters. The minimum absolute atomic E-state index is 0.262. The van der Waals surface area contributed by atoms with Crippen molar-refractivity contribution in [2.24, 2.45) is 0 Å². The van der Waals surface area contributed by atoms with E-state index in [1.165, 1.54) is 7.11 Å². The number of nitrogens with one attached hydrogen (secondary N) is 2. The molecule has 0 aliphatic heterocycles. The van der Waals surface area contributed by atoms with Crippen LogP contribution in [0.2, 0.25) is 0 Å². The van der Waals surface area contributed by atoms with Gasteiger partial charge in [-0.2, -0.15) is 0 Å². The van der Waals surface area contributed by atoms with Crippen LogP contribution in [-0.4, -0.2) is 24.7 Å². The fraction of sp³-hybridized carbons (Fsp3) is 0.857. The Kier molecular flexibility index (Phi) is 7.99. The summed E-state index contributed by atoms with van der Waals surface area (Å²) < 4.78 is 0. The van der Waals surface area contributed by atoms with Gasteiger partial charge in [0.25, 0.3) is 0 Å². The molecule has 0 heterocycles. The Labute approximate surface area is 72.0 Å². The average molecular weight is 176 g/mol. The van der Waals surface area contributed by atoms with E-state index in [0.717, 1.165) is 25.8 Å². The lowest BCUT2D eigenvalue weighted by Gasteiger charge is -2.02. The molecule has 5 heteroatoms. The van der Waals surface area contributed by atoms with Gasteiger partial charge in [0, 0.05) is 13.0 Å². The standard InChI is InChI=1S/C7H16N2O3/c1-12-9-8-6-4-2-3-5-7(10)11/h8-9H,2-6H2,1H3,(H,10,11). The minimum Gasteiger partial charge on any atom is -0.481 e. The van der Waals surface area contributed by atoms with Crippen molar-refractivity contribution < 1.29 is 14.7 Å². The van der Waals surface area contributed by atoms with Gasteiger partial charge < -0.3 is 5.11 Å². The third-order valence-corrected chi connectivity index (χ3v) is 1.37. The predicted octanol–water partition coefficient (Wildman–Crippen LogP) is 0.287. The Morgan fingerprint density at radius 3 is 2.75 bits per heavy atom. The molecule has 0 amide bonds. The van der Waals surface area contributed by atoms with Crippen molar-refractivity contribution in [1.29, 1.82) is 0 Å². The van der Waals surface area contributed by atoms with E-state index >= 15 is 0 Å². The Bertz CT molecular complexity index is 119. The third kappa shape index (κ3) is 9.35. The minimum atomic E-state index is -0.724. The van der Waals surface area contributed by atoms with Gasteiger partial charge in [-0.3, -0.25) is 9.63 Å². The number of carboxylic acid groups (broad SMARTS) is 1. The molecule has 0 rings (SSSR count). The second-order valence-electron chi connectivity index (χ2n) is 2.44. The van der Waals surface area contributed by atoms with Crippen molar-refractivity contribution >= 4 is 5.97 Å². The van der Waals surface area contributed by atoms with Gasteiger partial charge in [0.1, 0.15) is 0 Å². The van der Waals surface area contributed by atoms with Crippen LogP contribution in [0.4, 0.5) is 0 Å². The molecule has 0 aliphatic carbocycles. The summed E-state index contributed by atoms with van der Waals surface area (Å²) in [6.45, 7) is 0.785. The number of carbonyl (C=O) groups is 1. The van der Waals surface area contributed by atoms with Gasteiger partial charge in [0.05, 0.1) is 7.11 Å². The number of hydrogen-bond donors (Lipinski definition) is 3. The van der Waals surface area contributed by atoms with Gasteiger partial charge in [-0.1, -0.05) is 6.42 Å². The quantitative estimate of drug-likeness (QED) is 0.366. The van der Waals surface area contributed by atoms with E-state index < -0.39 is 5.97 Å². The third-order valence-electron chi connectivity index (χ3n) is 1.37. The molecule has 12 heavy (non-hydrogen) atoms. The zero-order chi connectivity index (χ0) is 9.23. The Balaban J connectivity index is 2.86. The molecule has 0 unspecified atom stereocenters. The predicted molar refractivity (Wildman–Crippen MR) is 44.3 cm³/mol. The number of unbranched alkanes of at least 4 members (excludes halogenated alkanes) is 2. The highest BCUT2D eigenvalue weighted by molar-refractivity contribution is 5.66. The highest BCUT2D eigenvalue weighted by atomic mass is 16.7. The number of aliphatic carboxylic acids is 1. The maximum absolute atomic E-state index is 10.1. The van der Waals surface area contributed by atoms with Gasteiger partial charge in [0.15, 0.2) is 0 Å². The smallest absolute Gasteiger partial charge is 0.303 e. The van der Waals surface area contributed by atoms with Gasteiger partial charge in [-0.25, -0.2) is 5.43 Å². The highest BCUT2D eigenvalue weighted by Gasteiger charge is 1.95. The lowest BCUT2D eigenvalue weighted by Crippen LogP contribution is -2.31. The molecule has 0 saturated carbocycles. The molecule has 0 radical (unpaired) electrons. The molecule has 0 aliphatic rings. The van der Waals surface area contributed by atoms with E-state index in [1.54, 1.807) is 0 Å². The number of carboxylic acids is 1. The first-order chi connectivity index (χ1) is 5.77. The first-order valence-electron chi connectivity index (χ1n) is 4.00. The van der Waals surface area contributed by atoms with Crippen molar-refractivity contribution in [3.05, 3.63) is 0 Å². The largest absolute Gasteiger partial charge is 0.481 e. The van der Waals surface area contributed by atoms with Crippen LogP contribution in [0, 0.1) is 0 Å². The van der Waals surface area contributed by atoms with Crippen LogP contribution in [-0.2, 0) is 9.63 Å². The summed E-state index contributed by atoms with van der Waals surface area (Å²) in [5.74, 6) is -0.724. The topological polar surface area (TPSA) is 70.6 Å².